The van der Waals surface area contributed by atoms with E-state index in [0.717, 1.165) is 25.0 Å². The third-order valence-electron chi connectivity index (χ3n) is 3.37. The van der Waals surface area contributed by atoms with Gasteiger partial charge in [0.2, 0.25) is 0 Å². The molecule has 4 nitrogen and oxygen atoms in total. The van der Waals surface area contributed by atoms with Crippen molar-refractivity contribution < 1.29 is 13.6 Å². The molecule has 116 valence electrons. The number of benzene rings is 1. The van der Waals surface area contributed by atoms with Gasteiger partial charge in [0, 0.05) is 25.3 Å². The van der Waals surface area contributed by atoms with Crippen molar-refractivity contribution in [3.63, 3.8) is 0 Å². The highest BCUT2D eigenvalue weighted by Gasteiger charge is 2.21. The van der Waals surface area contributed by atoms with E-state index in [1.807, 2.05) is 13.8 Å². The molecule has 1 saturated heterocycles. The lowest BCUT2D eigenvalue weighted by atomic mass is 10.2. The van der Waals surface area contributed by atoms with E-state index in [-0.39, 0.29) is 11.4 Å². The molecule has 2 N–H and O–H groups in total. The van der Waals surface area contributed by atoms with Crippen LogP contribution in [0.1, 0.15) is 26.7 Å². The molecule has 2 amide bonds. The normalized spacial score (nSPS) is 14.6. The number of urea groups is 1. The third kappa shape index (κ3) is 4.06. The zero-order valence-electron chi connectivity index (χ0n) is 12.4. The van der Waals surface area contributed by atoms with Crippen molar-refractivity contribution in [3.05, 3.63) is 23.8 Å². The quantitative estimate of drug-likeness (QED) is 0.895. The fraction of sp³-hybridized carbons (Fsp3) is 0.533. The van der Waals surface area contributed by atoms with Gasteiger partial charge in [-0.25, -0.2) is 13.6 Å². The number of anilines is 2. The predicted molar refractivity (Wildman–Crippen MR) is 79.7 cm³/mol. The fourth-order valence-electron chi connectivity index (χ4n) is 2.35. The number of hydrogen-bond acceptors (Lipinski definition) is 2. The van der Waals surface area contributed by atoms with E-state index in [9.17, 15) is 13.6 Å². The van der Waals surface area contributed by atoms with Gasteiger partial charge in [-0.05, 0) is 30.9 Å². The molecule has 0 unspecified atom stereocenters. The van der Waals surface area contributed by atoms with E-state index in [2.05, 4.69) is 10.6 Å². The maximum absolute atomic E-state index is 14.1. The number of carbonyl (C=O) groups excluding carboxylic acids is 1. The zero-order valence-corrected chi connectivity index (χ0v) is 12.4. The molecule has 0 radical (unpaired) electrons. The molecular weight excluding hydrogens is 276 g/mol. The van der Waals surface area contributed by atoms with Crippen LogP contribution < -0.4 is 15.5 Å². The second-order valence-corrected chi connectivity index (χ2v) is 5.71. The minimum absolute atomic E-state index is 0.000591. The second kappa shape index (κ2) is 6.74. The van der Waals surface area contributed by atoms with Crippen molar-refractivity contribution in [2.75, 3.05) is 29.9 Å². The highest BCUT2D eigenvalue weighted by Crippen LogP contribution is 2.29. The lowest BCUT2D eigenvalue weighted by molar-refractivity contribution is 0.251. The Labute approximate surface area is 123 Å². The monoisotopic (exact) mass is 297 g/mol. The minimum atomic E-state index is -0.643. The summed E-state index contributed by atoms with van der Waals surface area (Å²) in [5.74, 6) is -0.978. The number of nitrogens with zero attached hydrogens (tertiary/aromatic N) is 1. The van der Waals surface area contributed by atoms with Crippen LogP contribution in [-0.4, -0.2) is 25.7 Å². The molecule has 1 aliphatic heterocycles. The minimum Gasteiger partial charge on any atom is -0.367 e. The van der Waals surface area contributed by atoms with Crippen molar-refractivity contribution in [1.82, 2.24) is 5.32 Å². The van der Waals surface area contributed by atoms with E-state index in [0.29, 0.717) is 25.6 Å². The molecule has 2 rings (SSSR count). The van der Waals surface area contributed by atoms with Crippen LogP contribution in [0.15, 0.2) is 12.1 Å². The summed E-state index contributed by atoms with van der Waals surface area (Å²) in [6, 6.07) is 1.86. The highest BCUT2D eigenvalue weighted by molar-refractivity contribution is 5.89. The molecule has 0 aliphatic carbocycles. The van der Waals surface area contributed by atoms with Crippen molar-refractivity contribution in [2.45, 2.75) is 26.7 Å². The molecule has 1 aromatic carbocycles. The van der Waals surface area contributed by atoms with Gasteiger partial charge < -0.3 is 15.5 Å². The van der Waals surface area contributed by atoms with Crippen LogP contribution in [0.2, 0.25) is 0 Å². The molecule has 1 aliphatic rings. The number of amides is 2. The van der Waals surface area contributed by atoms with Crippen molar-refractivity contribution in [2.24, 2.45) is 5.92 Å². The van der Waals surface area contributed by atoms with Crippen LogP contribution >= 0.6 is 0 Å². The third-order valence-corrected chi connectivity index (χ3v) is 3.37. The molecule has 1 fully saturated rings. The summed E-state index contributed by atoms with van der Waals surface area (Å²) in [4.78, 5) is 13.3. The first-order valence-corrected chi connectivity index (χ1v) is 7.26. The summed E-state index contributed by atoms with van der Waals surface area (Å²) < 4.78 is 28.1. The Balaban J connectivity index is 2.07. The van der Waals surface area contributed by atoms with E-state index >= 15 is 0 Å². The van der Waals surface area contributed by atoms with Crippen LogP contribution in [0.5, 0.6) is 0 Å². The van der Waals surface area contributed by atoms with Gasteiger partial charge in [-0.2, -0.15) is 0 Å². The highest BCUT2D eigenvalue weighted by atomic mass is 19.1. The molecule has 0 saturated carbocycles. The van der Waals surface area contributed by atoms with E-state index in [4.69, 9.17) is 0 Å². The Morgan fingerprint density at radius 2 is 1.81 bits per heavy atom. The van der Waals surface area contributed by atoms with Gasteiger partial charge >= 0.3 is 6.03 Å². The van der Waals surface area contributed by atoms with Gasteiger partial charge in [-0.15, -0.1) is 0 Å². The van der Waals surface area contributed by atoms with Crippen molar-refractivity contribution in [1.29, 1.82) is 0 Å². The molecule has 1 heterocycles. The second-order valence-electron chi connectivity index (χ2n) is 5.71. The largest absolute Gasteiger partial charge is 0.367 e. The Hall–Kier alpha value is -1.85. The summed E-state index contributed by atoms with van der Waals surface area (Å²) in [5.41, 5.74) is 0.120. The molecular formula is C15H21F2N3O. The number of rotatable bonds is 4. The molecule has 21 heavy (non-hydrogen) atoms. The Bertz CT molecular complexity index is 491. The SMILES string of the molecule is CC(C)CNC(=O)Nc1cc(F)c(N2CCCC2)c(F)c1. The van der Waals surface area contributed by atoms with Crippen LogP contribution in [0.3, 0.4) is 0 Å². The number of carbonyl (C=O) groups is 1. The summed E-state index contributed by atoms with van der Waals surface area (Å²) in [7, 11) is 0. The van der Waals surface area contributed by atoms with Gasteiger partial charge in [-0.1, -0.05) is 13.8 Å². The predicted octanol–water partition coefficient (Wildman–Crippen LogP) is 3.34. The lowest BCUT2D eigenvalue weighted by Crippen LogP contribution is -2.31. The summed E-state index contributed by atoms with van der Waals surface area (Å²) in [6.45, 7) is 5.75. The van der Waals surface area contributed by atoms with Crippen LogP contribution in [0, 0.1) is 17.6 Å². The standard InChI is InChI=1S/C15H21F2N3O/c1-10(2)9-18-15(21)19-11-7-12(16)14(13(17)8-11)20-5-3-4-6-20/h7-8,10H,3-6,9H2,1-2H3,(H2,18,19,21). The zero-order chi connectivity index (χ0) is 15.4. The Morgan fingerprint density at radius 1 is 1.24 bits per heavy atom. The number of hydrogen-bond donors (Lipinski definition) is 2. The van der Waals surface area contributed by atoms with Gasteiger partial charge in [0.1, 0.15) is 5.69 Å². The maximum atomic E-state index is 14.1. The van der Waals surface area contributed by atoms with Crippen LogP contribution in [-0.2, 0) is 0 Å². The smallest absolute Gasteiger partial charge is 0.319 e. The number of halogens is 2. The first-order valence-electron chi connectivity index (χ1n) is 7.26. The summed E-state index contributed by atoms with van der Waals surface area (Å²) in [6.07, 6.45) is 1.88. The van der Waals surface area contributed by atoms with Gasteiger partial charge in [0.15, 0.2) is 11.6 Å². The molecule has 0 spiro atoms. The topological polar surface area (TPSA) is 44.4 Å². The Morgan fingerprint density at radius 3 is 2.33 bits per heavy atom. The van der Waals surface area contributed by atoms with E-state index < -0.39 is 17.7 Å². The average molecular weight is 297 g/mol. The fourth-order valence-corrected chi connectivity index (χ4v) is 2.35. The van der Waals surface area contributed by atoms with Crippen LogP contribution in [0.4, 0.5) is 25.0 Å². The van der Waals surface area contributed by atoms with E-state index in [1.54, 1.807) is 4.90 Å². The molecule has 1 aromatic rings. The average Bonchev–Trinajstić information content (AvgIpc) is 2.89. The molecule has 0 atom stereocenters. The van der Waals surface area contributed by atoms with Gasteiger partial charge in [-0.3, -0.25) is 0 Å². The Kier molecular flexibility index (Phi) is 4.98. The molecule has 0 aromatic heterocycles. The first-order chi connectivity index (χ1) is 9.97. The molecule has 6 heteroatoms. The molecule has 0 bridgehead atoms. The first kappa shape index (κ1) is 15.5. The van der Waals surface area contributed by atoms with Crippen molar-refractivity contribution >= 4 is 17.4 Å². The van der Waals surface area contributed by atoms with E-state index in [1.165, 1.54) is 0 Å². The van der Waals surface area contributed by atoms with Gasteiger partial charge in [0.25, 0.3) is 0 Å². The lowest BCUT2D eigenvalue weighted by Gasteiger charge is -2.20. The summed E-state index contributed by atoms with van der Waals surface area (Å²) >= 11 is 0. The van der Waals surface area contributed by atoms with Gasteiger partial charge in [0.05, 0.1) is 0 Å². The maximum Gasteiger partial charge on any atom is 0.319 e. The number of nitrogens with one attached hydrogen (secondary N) is 2. The van der Waals surface area contributed by atoms with Crippen LogP contribution in [0.25, 0.3) is 0 Å². The summed E-state index contributed by atoms with van der Waals surface area (Å²) in [5, 5.41) is 5.08. The van der Waals surface area contributed by atoms with Crippen molar-refractivity contribution in [3.8, 4) is 0 Å².